The molecular formula is C14H22N4S. The highest BCUT2D eigenvalue weighted by Gasteiger charge is 2.21. The van der Waals surface area contributed by atoms with Crippen molar-refractivity contribution in [3.63, 3.8) is 0 Å². The molecule has 0 aliphatic carbocycles. The fraction of sp³-hybridized carbons (Fsp3) is 0.571. The quantitative estimate of drug-likeness (QED) is 0.840. The highest BCUT2D eigenvalue weighted by Crippen LogP contribution is 2.17. The van der Waals surface area contributed by atoms with Crippen LogP contribution in [0.25, 0.3) is 0 Å². The van der Waals surface area contributed by atoms with Gasteiger partial charge < -0.3 is 10.6 Å². The Morgan fingerprint density at radius 1 is 1.53 bits per heavy atom. The van der Waals surface area contributed by atoms with Crippen molar-refractivity contribution in [2.24, 2.45) is 5.73 Å². The van der Waals surface area contributed by atoms with E-state index >= 15 is 0 Å². The molecule has 0 radical (unpaired) electrons. The molecule has 1 aromatic heterocycles. The molecule has 0 unspecified atom stereocenters. The van der Waals surface area contributed by atoms with Crippen molar-refractivity contribution in [3.05, 3.63) is 29.6 Å². The van der Waals surface area contributed by atoms with Gasteiger partial charge >= 0.3 is 0 Å². The van der Waals surface area contributed by atoms with Crippen LogP contribution in [-0.2, 0) is 6.54 Å². The van der Waals surface area contributed by atoms with Gasteiger partial charge in [0.15, 0.2) is 0 Å². The lowest BCUT2D eigenvalue weighted by Gasteiger charge is -2.35. The molecule has 104 valence electrons. The van der Waals surface area contributed by atoms with Gasteiger partial charge in [0.2, 0.25) is 0 Å². The minimum Gasteiger partial charge on any atom is -0.388 e. The molecule has 1 aliphatic rings. The molecule has 4 nitrogen and oxygen atoms in total. The number of thiocarbonyl (C=S) groups is 1. The maximum atomic E-state index is 5.73. The predicted octanol–water partition coefficient (Wildman–Crippen LogP) is 1.24. The first kappa shape index (κ1) is 14.4. The van der Waals surface area contributed by atoms with Crippen LogP contribution in [0.15, 0.2) is 18.3 Å². The van der Waals surface area contributed by atoms with E-state index < -0.39 is 0 Å². The van der Waals surface area contributed by atoms with Gasteiger partial charge in [0.1, 0.15) is 10.7 Å². The van der Waals surface area contributed by atoms with Crippen LogP contribution < -0.4 is 5.73 Å². The van der Waals surface area contributed by atoms with Gasteiger partial charge in [-0.15, -0.1) is 0 Å². The molecule has 0 saturated carbocycles. The van der Waals surface area contributed by atoms with E-state index in [1.54, 1.807) is 6.20 Å². The minimum absolute atomic E-state index is 0.382. The minimum atomic E-state index is 0.382. The summed E-state index contributed by atoms with van der Waals surface area (Å²) in [6.45, 7) is 3.20. The molecule has 1 saturated heterocycles. The second-order valence-electron chi connectivity index (χ2n) is 5.32. The van der Waals surface area contributed by atoms with Crippen LogP contribution in [0, 0.1) is 0 Å². The van der Waals surface area contributed by atoms with Gasteiger partial charge in [-0.3, -0.25) is 9.88 Å². The zero-order valence-corrected chi connectivity index (χ0v) is 12.5. The molecule has 0 bridgehead atoms. The van der Waals surface area contributed by atoms with Crippen LogP contribution >= 0.6 is 12.2 Å². The molecule has 0 atom stereocenters. The summed E-state index contributed by atoms with van der Waals surface area (Å²) in [5.41, 5.74) is 7.61. The van der Waals surface area contributed by atoms with Gasteiger partial charge in [-0.05, 0) is 51.7 Å². The Labute approximate surface area is 120 Å². The first-order valence-electron chi connectivity index (χ1n) is 6.70. The van der Waals surface area contributed by atoms with Crippen LogP contribution in [0.2, 0.25) is 0 Å². The molecule has 19 heavy (non-hydrogen) atoms. The number of likely N-dealkylation sites (tertiary alicyclic amines) is 1. The number of nitrogens with zero attached hydrogens (tertiary/aromatic N) is 3. The second kappa shape index (κ2) is 6.41. The predicted molar refractivity (Wildman–Crippen MR) is 82.1 cm³/mol. The van der Waals surface area contributed by atoms with Gasteiger partial charge in [0.25, 0.3) is 0 Å². The third-order valence-electron chi connectivity index (χ3n) is 3.86. The fourth-order valence-corrected chi connectivity index (χ4v) is 2.81. The van der Waals surface area contributed by atoms with Crippen LogP contribution in [0.1, 0.15) is 24.1 Å². The van der Waals surface area contributed by atoms with E-state index in [-0.39, 0.29) is 0 Å². The number of pyridine rings is 1. The highest BCUT2D eigenvalue weighted by molar-refractivity contribution is 7.80. The van der Waals surface area contributed by atoms with E-state index in [0.29, 0.717) is 11.0 Å². The van der Waals surface area contributed by atoms with E-state index in [0.717, 1.165) is 17.8 Å². The standard InChI is InChI=1S/C14H22N4S/c1-17-8-5-12(6-9-17)18(2)10-11-4-3-7-16-13(11)14(15)19/h3-4,7,12H,5-6,8-10H2,1-2H3,(H2,15,19). The molecule has 2 rings (SSSR count). The maximum Gasteiger partial charge on any atom is 0.123 e. The highest BCUT2D eigenvalue weighted by atomic mass is 32.1. The largest absolute Gasteiger partial charge is 0.388 e. The summed E-state index contributed by atoms with van der Waals surface area (Å²) in [4.78, 5) is 9.45. The van der Waals surface area contributed by atoms with Gasteiger partial charge in [-0.1, -0.05) is 18.3 Å². The van der Waals surface area contributed by atoms with Gasteiger partial charge in [0.05, 0.1) is 0 Å². The van der Waals surface area contributed by atoms with Crippen molar-refractivity contribution in [2.45, 2.75) is 25.4 Å². The topological polar surface area (TPSA) is 45.4 Å². The summed E-state index contributed by atoms with van der Waals surface area (Å²) >= 11 is 5.06. The Morgan fingerprint density at radius 3 is 2.84 bits per heavy atom. The zero-order valence-electron chi connectivity index (χ0n) is 11.7. The Hall–Kier alpha value is -1.04. The van der Waals surface area contributed by atoms with Gasteiger partial charge in [0, 0.05) is 18.8 Å². The monoisotopic (exact) mass is 278 g/mol. The van der Waals surface area contributed by atoms with Crippen LogP contribution in [-0.4, -0.2) is 53.0 Å². The lowest BCUT2D eigenvalue weighted by atomic mass is 10.0. The summed E-state index contributed by atoms with van der Waals surface area (Å²) < 4.78 is 0. The summed E-state index contributed by atoms with van der Waals surface area (Å²) in [6.07, 6.45) is 4.18. The molecule has 1 fully saturated rings. The third-order valence-corrected chi connectivity index (χ3v) is 4.05. The number of piperidine rings is 1. The average molecular weight is 278 g/mol. The van der Waals surface area contributed by atoms with E-state index in [2.05, 4.69) is 34.9 Å². The molecule has 0 spiro atoms. The molecule has 2 heterocycles. The van der Waals surface area contributed by atoms with Crippen LogP contribution in [0.5, 0.6) is 0 Å². The summed E-state index contributed by atoms with van der Waals surface area (Å²) in [6, 6.07) is 4.64. The Morgan fingerprint density at radius 2 is 2.21 bits per heavy atom. The second-order valence-corrected chi connectivity index (χ2v) is 5.76. The summed E-state index contributed by atoms with van der Waals surface area (Å²) in [5, 5.41) is 0. The summed E-state index contributed by atoms with van der Waals surface area (Å²) in [7, 11) is 4.36. The van der Waals surface area contributed by atoms with Crippen molar-refractivity contribution in [1.82, 2.24) is 14.8 Å². The van der Waals surface area contributed by atoms with E-state index in [4.69, 9.17) is 18.0 Å². The zero-order chi connectivity index (χ0) is 13.8. The Kier molecular flexibility index (Phi) is 4.85. The number of hydrogen-bond acceptors (Lipinski definition) is 4. The summed E-state index contributed by atoms with van der Waals surface area (Å²) in [5.74, 6) is 0. The first-order chi connectivity index (χ1) is 9.08. The first-order valence-corrected chi connectivity index (χ1v) is 7.11. The molecule has 5 heteroatoms. The molecule has 0 aromatic carbocycles. The molecule has 1 aliphatic heterocycles. The number of nitrogens with two attached hydrogens (primary N) is 1. The van der Waals surface area contributed by atoms with E-state index in [1.807, 2.05) is 6.07 Å². The number of rotatable bonds is 4. The van der Waals surface area contributed by atoms with Crippen LogP contribution in [0.4, 0.5) is 0 Å². The number of hydrogen-bond donors (Lipinski definition) is 1. The lowest BCUT2D eigenvalue weighted by molar-refractivity contribution is 0.139. The average Bonchev–Trinajstić information content (AvgIpc) is 2.39. The molecule has 1 aromatic rings. The Bertz CT molecular complexity index is 441. The number of aromatic nitrogens is 1. The lowest BCUT2D eigenvalue weighted by Crippen LogP contribution is -2.41. The van der Waals surface area contributed by atoms with E-state index in [1.165, 1.54) is 25.9 Å². The molecule has 0 amide bonds. The fourth-order valence-electron chi connectivity index (χ4n) is 2.62. The third kappa shape index (κ3) is 3.72. The molecular weight excluding hydrogens is 256 g/mol. The smallest absolute Gasteiger partial charge is 0.123 e. The van der Waals surface area contributed by atoms with Crippen molar-refractivity contribution in [1.29, 1.82) is 0 Å². The maximum absolute atomic E-state index is 5.73. The van der Waals surface area contributed by atoms with Crippen molar-refractivity contribution < 1.29 is 0 Å². The molecule has 2 N–H and O–H groups in total. The van der Waals surface area contributed by atoms with Gasteiger partial charge in [-0.25, -0.2) is 0 Å². The van der Waals surface area contributed by atoms with Crippen molar-refractivity contribution in [2.75, 3.05) is 27.2 Å². The van der Waals surface area contributed by atoms with E-state index in [9.17, 15) is 0 Å². The normalized spacial score (nSPS) is 17.8. The van der Waals surface area contributed by atoms with Crippen LogP contribution in [0.3, 0.4) is 0 Å². The Balaban J connectivity index is 2.02. The van der Waals surface area contributed by atoms with Crippen molar-refractivity contribution >= 4 is 17.2 Å². The SMILES string of the molecule is CN1CCC(N(C)Cc2cccnc2C(N)=S)CC1. The van der Waals surface area contributed by atoms with Gasteiger partial charge in [-0.2, -0.15) is 0 Å². The van der Waals surface area contributed by atoms with Crippen molar-refractivity contribution in [3.8, 4) is 0 Å².